The molecule has 2 aromatic rings. The molecular weight excluding hydrogens is 392 g/mol. The summed E-state index contributed by atoms with van der Waals surface area (Å²) in [6, 6.07) is 11.4. The zero-order valence-electron chi connectivity index (χ0n) is 9.84. The SMILES string of the molecule is N#Cc1ccc(Br)cc1Oc1cccc([N+](=O)[O-])c1Br. The third-order valence-corrected chi connectivity index (χ3v) is 3.71. The van der Waals surface area contributed by atoms with Crippen LogP contribution in [0.25, 0.3) is 0 Å². The van der Waals surface area contributed by atoms with Gasteiger partial charge in [0.05, 0.1) is 10.5 Å². The van der Waals surface area contributed by atoms with Crippen molar-refractivity contribution in [2.75, 3.05) is 0 Å². The zero-order valence-corrected chi connectivity index (χ0v) is 13.0. The molecule has 0 aliphatic rings. The smallest absolute Gasteiger partial charge is 0.287 e. The second kappa shape index (κ2) is 6.03. The van der Waals surface area contributed by atoms with E-state index in [1.807, 2.05) is 6.07 Å². The molecule has 0 saturated carbocycles. The molecule has 0 spiro atoms. The van der Waals surface area contributed by atoms with Gasteiger partial charge >= 0.3 is 0 Å². The van der Waals surface area contributed by atoms with Crippen molar-refractivity contribution in [3.05, 3.63) is 61.0 Å². The van der Waals surface area contributed by atoms with E-state index >= 15 is 0 Å². The first-order valence-electron chi connectivity index (χ1n) is 5.33. The number of benzene rings is 2. The van der Waals surface area contributed by atoms with Crippen LogP contribution in [0.5, 0.6) is 11.5 Å². The van der Waals surface area contributed by atoms with Crippen LogP contribution < -0.4 is 4.74 Å². The Morgan fingerprint density at radius 2 is 1.95 bits per heavy atom. The predicted octanol–water partition coefficient (Wildman–Crippen LogP) is 4.78. The predicted molar refractivity (Wildman–Crippen MR) is 79.7 cm³/mol. The first-order valence-corrected chi connectivity index (χ1v) is 6.92. The molecule has 100 valence electrons. The fourth-order valence-electron chi connectivity index (χ4n) is 1.51. The lowest BCUT2D eigenvalue weighted by Crippen LogP contribution is -1.93. The number of nitrogens with zero attached hydrogens (tertiary/aromatic N) is 2. The highest BCUT2D eigenvalue weighted by molar-refractivity contribution is 9.11. The first-order chi connectivity index (χ1) is 9.52. The first kappa shape index (κ1) is 14.5. The lowest BCUT2D eigenvalue weighted by molar-refractivity contribution is -0.385. The molecule has 0 bridgehead atoms. The minimum absolute atomic E-state index is 0.101. The summed E-state index contributed by atoms with van der Waals surface area (Å²) < 4.78 is 6.57. The lowest BCUT2D eigenvalue weighted by Gasteiger charge is -2.09. The van der Waals surface area contributed by atoms with Crippen LogP contribution in [0.2, 0.25) is 0 Å². The highest BCUT2D eigenvalue weighted by Gasteiger charge is 2.17. The molecule has 0 aliphatic heterocycles. The van der Waals surface area contributed by atoms with Crippen molar-refractivity contribution in [3.63, 3.8) is 0 Å². The number of halogens is 2. The maximum Gasteiger partial charge on any atom is 0.287 e. The van der Waals surface area contributed by atoms with Crippen LogP contribution in [-0.4, -0.2) is 4.92 Å². The molecule has 0 radical (unpaired) electrons. The van der Waals surface area contributed by atoms with Gasteiger partial charge in [-0.1, -0.05) is 22.0 Å². The molecule has 0 unspecified atom stereocenters. The van der Waals surface area contributed by atoms with Crippen molar-refractivity contribution in [3.8, 4) is 17.6 Å². The zero-order chi connectivity index (χ0) is 14.7. The van der Waals surface area contributed by atoms with E-state index in [0.29, 0.717) is 11.3 Å². The molecular formula is C13H6Br2N2O3. The molecule has 7 heteroatoms. The van der Waals surface area contributed by atoms with Gasteiger partial charge in [-0.3, -0.25) is 10.1 Å². The van der Waals surface area contributed by atoms with E-state index in [4.69, 9.17) is 10.00 Å². The van der Waals surface area contributed by atoms with E-state index in [1.165, 1.54) is 12.1 Å². The lowest BCUT2D eigenvalue weighted by atomic mass is 10.2. The van der Waals surface area contributed by atoms with Gasteiger partial charge in [0.2, 0.25) is 0 Å². The van der Waals surface area contributed by atoms with Gasteiger partial charge in [-0.25, -0.2) is 0 Å². The quantitative estimate of drug-likeness (QED) is 0.551. The fraction of sp³-hybridized carbons (Fsp3) is 0. The summed E-state index contributed by atoms with van der Waals surface area (Å²) in [6.07, 6.45) is 0. The van der Waals surface area contributed by atoms with Crippen LogP contribution in [0, 0.1) is 21.4 Å². The molecule has 20 heavy (non-hydrogen) atoms. The van der Waals surface area contributed by atoms with Crippen molar-refractivity contribution in [1.82, 2.24) is 0 Å². The van der Waals surface area contributed by atoms with E-state index in [2.05, 4.69) is 31.9 Å². The standard InChI is InChI=1S/C13H6Br2N2O3/c14-9-5-4-8(7-16)12(6-9)20-11-3-1-2-10(13(11)15)17(18)19/h1-6H. The third kappa shape index (κ3) is 2.98. The Hall–Kier alpha value is -1.91. The minimum atomic E-state index is -0.511. The van der Waals surface area contributed by atoms with Crippen LogP contribution in [-0.2, 0) is 0 Å². The minimum Gasteiger partial charge on any atom is -0.454 e. The van der Waals surface area contributed by atoms with Crippen LogP contribution in [0.1, 0.15) is 5.56 Å². The van der Waals surface area contributed by atoms with Gasteiger partial charge in [0, 0.05) is 10.5 Å². The molecule has 0 saturated heterocycles. The molecule has 0 atom stereocenters. The second-order valence-corrected chi connectivity index (χ2v) is 5.41. The normalized spacial score (nSPS) is 9.85. The summed E-state index contributed by atoms with van der Waals surface area (Å²) in [5, 5.41) is 19.9. The largest absolute Gasteiger partial charge is 0.454 e. The number of ether oxygens (including phenoxy) is 1. The average molecular weight is 398 g/mol. The van der Waals surface area contributed by atoms with Crippen molar-refractivity contribution < 1.29 is 9.66 Å². The molecule has 0 aromatic heterocycles. The van der Waals surface area contributed by atoms with Gasteiger partial charge in [0.25, 0.3) is 5.69 Å². The highest BCUT2D eigenvalue weighted by Crippen LogP contribution is 2.37. The molecule has 5 nitrogen and oxygen atoms in total. The van der Waals surface area contributed by atoms with Crippen molar-refractivity contribution in [2.45, 2.75) is 0 Å². The summed E-state index contributed by atoms with van der Waals surface area (Å²) >= 11 is 6.43. The van der Waals surface area contributed by atoms with E-state index < -0.39 is 4.92 Å². The van der Waals surface area contributed by atoms with Crippen molar-refractivity contribution in [1.29, 1.82) is 5.26 Å². The second-order valence-electron chi connectivity index (χ2n) is 3.70. The Morgan fingerprint density at radius 3 is 2.60 bits per heavy atom. The van der Waals surface area contributed by atoms with Gasteiger partial charge in [0.15, 0.2) is 0 Å². The fourth-order valence-corrected chi connectivity index (χ4v) is 2.34. The number of nitro groups is 1. The Morgan fingerprint density at radius 1 is 1.20 bits per heavy atom. The van der Waals surface area contributed by atoms with Crippen LogP contribution in [0.15, 0.2) is 45.3 Å². The number of nitriles is 1. The van der Waals surface area contributed by atoms with Gasteiger partial charge in [-0.2, -0.15) is 5.26 Å². The monoisotopic (exact) mass is 396 g/mol. The average Bonchev–Trinajstić information content (AvgIpc) is 2.41. The molecule has 0 aliphatic carbocycles. The van der Waals surface area contributed by atoms with Crippen molar-refractivity contribution in [2.24, 2.45) is 0 Å². The van der Waals surface area contributed by atoms with E-state index in [-0.39, 0.29) is 15.9 Å². The van der Waals surface area contributed by atoms with Crippen LogP contribution in [0.3, 0.4) is 0 Å². The molecule has 2 aromatic carbocycles. The Labute approximate surface area is 131 Å². The van der Waals surface area contributed by atoms with E-state index in [1.54, 1.807) is 24.3 Å². The summed E-state index contributed by atoms with van der Waals surface area (Å²) in [4.78, 5) is 10.4. The maximum absolute atomic E-state index is 10.9. The molecule has 0 fully saturated rings. The molecule has 2 rings (SSSR count). The summed E-state index contributed by atoms with van der Waals surface area (Å²) in [5.41, 5.74) is 0.239. The number of rotatable bonds is 3. The van der Waals surface area contributed by atoms with Crippen LogP contribution in [0.4, 0.5) is 5.69 Å². The summed E-state index contributed by atoms with van der Waals surface area (Å²) in [5.74, 6) is 0.594. The van der Waals surface area contributed by atoms with Gasteiger partial charge in [-0.05, 0) is 40.2 Å². The van der Waals surface area contributed by atoms with Gasteiger partial charge < -0.3 is 4.74 Å². The Kier molecular flexibility index (Phi) is 4.37. The molecule has 0 amide bonds. The Balaban J connectivity index is 2.46. The van der Waals surface area contributed by atoms with Gasteiger partial charge in [0.1, 0.15) is 22.0 Å². The topological polar surface area (TPSA) is 76.2 Å². The van der Waals surface area contributed by atoms with Crippen molar-refractivity contribution >= 4 is 37.5 Å². The maximum atomic E-state index is 10.9. The number of nitro benzene ring substituents is 1. The number of hydrogen-bond acceptors (Lipinski definition) is 4. The highest BCUT2D eigenvalue weighted by atomic mass is 79.9. The molecule has 0 N–H and O–H groups in total. The number of hydrogen-bond donors (Lipinski definition) is 0. The Bertz CT molecular complexity index is 726. The molecule has 0 heterocycles. The summed E-state index contributed by atoms with van der Waals surface area (Å²) in [7, 11) is 0. The van der Waals surface area contributed by atoms with E-state index in [0.717, 1.165) is 4.47 Å². The van der Waals surface area contributed by atoms with E-state index in [9.17, 15) is 10.1 Å². The summed E-state index contributed by atoms with van der Waals surface area (Å²) in [6.45, 7) is 0. The van der Waals surface area contributed by atoms with Crippen LogP contribution >= 0.6 is 31.9 Å². The van der Waals surface area contributed by atoms with Gasteiger partial charge in [-0.15, -0.1) is 0 Å². The third-order valence-electron chi connectivity index (χ3n) is 2.42.